The first kappa shape index (κ1) is 17.0. The molecule has 8 nitrogen and oxygen atoms in total. The lowest BCUT2D eigenvalue weighted by Gasteiger charge is -2.32. The Labute approximate surface area is 172 Å². The average molecular weight is 409 g/mol. The fraction of sp³-hybridized carbons (Fsp3) is 0.400. The summed E-state index contributed by atoms with van der Waals surface area (Å²) in [6.45, 7) is 1.90. The smallest absolute Gasteiger partial charge is 0.223 e. The van der Waals surface area contributed by atoms with Gasteiger partial charge in [0.15, 0.2) is 11.5 Å². The second-order valence-electron chi connectivity index (χ2n) is 8.01. The Morgan fingerprint density at radius 3 is 2.90 bits per heavy atom. The first-order valence-corrected chi connectivity index (χ1v) is 10.4. The lowest BCUT2D eigenvalue weighted by Crippen LogP contribution is -2.34. The van der Waals surface area contributed by atoms with Crippen molar-refractivity contribution in [3.8, 4) is 0 Å². The molecule has 6 rings (SSSR count). The number of rotatable bonds is 3. The van der Waals surface area contributed by atoms with Gasteiger partial charge in [-0.15, -0.1) is 5.10 Å². The number of nitrogen functional groups attached to an aromatic ring is 1. The maximum absolute atomic E-state index is 6.31. The Morgan fingerprint density at radius 1 is 1.14 bits per heavy atom. The van der Waals surface area contributed by atoms with E-state index in [2.05, 4.69) is 25.9 Å². The van der Waals surface area contributed by atoms with Crippen LogP contribution in [0, 0.1) is 0 Å². The first-order chi connectivity index (χ1) is 14.2. The molecule has 0 spiro atoms. The van der Waals surface area contributed by atoms with E-state index in [0.29, 0.717) is 28.2 Å². The Balaban J connectivity index is 1.35. The zero-order chi connectivity index (χ0) is 19.5. The molecule has 0 amide bonds. The molecule has 4 aromatic rings. The van der Waals surface area contributed by atoms with Crippen molar-refractivity contribution in [2.75, 3.05) is 23.7 Å². The molecule has 3 aromatic heterocycles. The highest BCUT2D eigenvalue weighted by Crippen LogP contribution is 2.36. The van der Waals surface area contributed by atoms with Gasteiger partial charge in [0.25, 0.3) is 0 Å². The molecule has 1 aliphatic carbocycles. The molecule has 2 fully saturated rings. The standard InChI is InChI=1S/C20H21ClN8/c21-16-5-1-4-15-17(16)24-20(22)29-19(15)25-18(26-29)12-3-2-8-27(10-12)14-9-23-28(11-14)13-6-7-13/h1,4-5,9,11-13H,2-3,6-8,10H2,(H2,22,24). The normalized spacial score (nSPS) is 20.0. The van der Waals surface area contributed by atoms with Crippen LogP contribution in [0.2, 0.25) is 5.02 Å². The lowest BCUT2D eigenvalue weighted by molar-refractivity contribution is 0.491. The van der Waals surface area contributed by atoms with Crippen LogP contribution in [0.3, 0.4) is 0 Å². The number of nitrogens with zero attached hydrogens (tertiary/aromatic N) is 7. The van der Waals surface area contributed by atoms with Crippen LogP contribution in [-0.4, -0.2) is 42.5 Å². The summed E-state index contributed by atoms with van der Waals surface area (Å²) in [6.07, 6.45) is 8.78. The van der Waals surface area contributed by atoms with Gasteiger partial charge in [-0.05, 0) is 37.8 Å². The van der Waals surface area contributed by atoms with Crippen LogP contribution in [0.1, 0.15) is 43.5 Å². The molecule has 148 valence electrons. The summed E-state index contributed by atoms with van der Waals surface area (Å²) < 4.78 is 3.74. The highest BCUT2D eigenvalue weighted by molar-refractivity contribution is 6.35. The first-order valence-electron chi connectivity index (χ1n) is 10.1. The van der Waals surface area contributed by atoms with E-state index < -0.39 is 0 Å². The fourth-order valence-corrected chi connectivity index (χ4v) is 4.48. The number of piperidine rings is 1. The van der Waals surface area contributed by atoms with E-state index in [0.717, 1.165) is 37.1 Å². The zero-order valence-electron chi connectivity index (χ0n) is 15.9. The molecule has 1 saturated heterocycles. The number of halogens is 1. The van der Waals surface area contributed by atoms with Gasteiger partial charge in [0.1, 0.15) is 0 Å². The second-order valence-corrected chi connectivity index (χ2v) is 8.41. The Bertz CT molecular complexity index is 1220. The van der Waals surface area contributed by atoms with E-state index in [1.807, 2.05) is 24.4 Å². The summed E-state index contributed by atoms with van der Waals surface area (Å²) in [6, 6.07) is 6.27. The third-order valence-corrected chi connectivity index (χ3v) is 6.26. The summed E-state index contributed by atoms with van der Waals surface area (Å²) in [5.74, 6) is 1.35. The van der Waals surface area contributed by atoms with Crippen molar-refractivity contribution in [1.82, 2.24) is 29.4 Å². The van der Waals surface area contributed by atoms with Gasteiger partial charge >= 0.3 is 0 Å². The van der Waals surface area contributed by atoms with Gasteiger partial charge in [-0.3, -0.25) is 4.68 Å². The van der Waals surface area contributed by atoms with Crippen LogP contribution in [-0.2, 0) is 0 Å². The summed E-state index contributed by atoms with van der Waals surface area (Å²) >= 11 is 6.31. The largest absolute Gasteiger partial charge is 0.368 e. The van der Waals surface area contributed by atoms with Gasteiger partial charge in [-0.25, -0.2) is 9.97 Å². The predicted octanol–water partition coefficient (Wildman–Crippen LogP) is 3.43. The maximum Gasteiger partial charge on any atom is 0.223 e. The monoisotopic (exact) mass is 408 g/mol. The number of hydrogen-bond donors (Lipinski definition) is 1. The number of fused-ring (bicyclic) bond motifs is 3. The van der Waals surface area contributed by atoms with Crippen LogP contribution >= 0.6 is 11.6 Å². The van der Waals surface area contributed by atoms with Crippen molar-refractivity contribution in [3.05, 3.63) is 41.4 Å². The molecule has 4 heterocycles. The lowest BCUT2D eigenvalue weighted by atomic mass is 9.97. The minimum atomic E-state index is 0.238. The number of aromatic nitrogens is 6. The number of benzene rings is 1. The number of nitrogens with two attached hydrogens (primary N) is 1. The SMILES string of the molecule is Nc1nc2c(Cl)cccc2c2nc(C3CCCN(c4cnn(C5CC5)c4)C3)nn12. The van der Waals surface area contributed by atoms with Gasteiger partial charge in [-0.1, -0.05) is 17.7 Å². The van der Waals surface area contributed by atoms with Crippen LogP contribution in [0.25, 0.3) is 16.6 Å². The van der Waals surface area contributed by atoms with Crippen molar-refractivity contribution in [2.45, 2.75) is 37.6 Å². The van der Waals surface area contributed by atoms with Gasteiger partial charge in [0, 0.05) is 30.6 Å². The van der Waals surface area contributed by atoms with Crippen molar-refractivity contribution in [3.63, 3.8) is 0 Å². The van der Waals surface area contributed by atoms with E-state index >= 15 is 0 Å². The minimum absolute atomic E-state index is 0.238. The van der Waals surface area contributed by atoms with Gasteiger partial charge in [0.05, 0.1) is 28.5 Å². The van der Waals surface area contributed by atoms with Crippen LogP contribution in [0.4, 0.5) is 11.6 Å². The van der Waals surface area contributed by atoms with Crippen molar-refractivity contribution < 1.29 is 0 Å². The molecule has 1 atom stereocenters. The maximum atomic E-state index is 6.31. The molecule has 0 radical (unpaired) electrons. The number of anilines is 2. The van der Waals surface area contributed by atoms with E-state index in [-0.39, 0.29) is 5.92 Å². The van der Waals surface area contributed by atoms with Gasteiger partial charge in [0.2, 0.25) is 5.95 Å². The highest BCUT2D eigenvalue weighted by atomic mass is 35.5. The Morgan fingerprint density at radius 2 is 2.03 bits per heavy atom. The molecular formula is C20H21ClN8. The molecule has 1 unspecified atom stereocenters. The predicted molar refractivity (Wildman–Crippen MR) is 112 cm³/mol. The van der Waals surface area contributed by atoms with E-state index in [1.54, 1.807) is 4.52 Å². The van der Waals surface area contributed by atoms with Crippen molar-refractivity contribution in [2.24, 2.45) is 0 Å². The molecule has 1 aliphatic heterocycles. The number of para-hydroxylation sites is 1. The third-order valence-electron chi connectivity index (χ3n) is 5.96. The molecule has 2 N–H and O–H groups in total. The van der Waals surface area contributed by atoms with Crippen LogP contribution in [0.15, 0.2) is 30.6 Å². The average Bonchev–Trinajstić information content (AvgIpc) is 3.28. The van der Waals surface area contributed by atoms with Crippen molar-refractivity contribution in [1.29, 1.82) is 0 Å². The van der Waals surface area contributed by atoms with Gasteiger partial charge < -0.3 is 10.6 Å². The van der Waals surface area contributed by atoms with Crippen molar-refractivity contribution >= 4 is 39.8 Å². The summed E-state index contributed by atoms with van der Waals surface area (Å²) in [5.41, 5.74) is 8.72. The molecular weight excluding hydrogens is 388 g/mol. The molecule has 0 bridgehead atoms. The summed E-state index contributed by atoms with van der Waals surface area (Å²) in [5, 5.41) is 10.7. The zero-order valence-corrected chi connectivity index (χ0v) is 16.6. The highest BCUT2D eigenvalue weighted by Gasteiger charge is 2.28. The van der Waals surface area contributed by atoms with E-state index in [1.165, 1.54) is 18.5 Å². The quantitative estimate of drug-likeness (QED) is 0.558. The van der Waals surface area contributed by atoms with Crippen LogP contribution in [0.5, 0.6) is 0 Å². The molecule has 2 aliphatic rings. The molecule has 29 heavy (non-hydrogen) atoms. The topological polar surface area (TPSA) is 90.2 Å². The second kappa shape index (κ2) is 6.32. The number of hydrogen-bond acceptors (Lipinski definition) is 6. The van der Waals surface area contributed by atoms with Crippen LogP contribution < -0.4 is 10.6 Å². The molecule has 1 saturated carbocycles. The third kappa shape index (κ3) is 2.81. The van der Waals surface area contributed by atoms with E-state index in [9.17, 15) is 0 Å². The minimum Gasteiger partial charge on any atom is -0.368 e. The molecule has 9 heteroatoms. The fourth-order valence-electron chi connectivity index (χ4n) is 4.26. The van der Waals surface area contributed by atoms with Gasteiger partial charge in [-0.2, -0.15) is 9.61 Å². The molecule has 1 aromatic carbocycles. The summed E-state index contributed by atoms with van der Waals surface area (Å²) in [4.78, 5) is 11.7. The summed E-state index contributed by atoms with van der Waals surface area (Å²) in [7, 11) is 0. The van der Waals surface area contributed by atoms with E-state index in [4.69, 9.17) is 27.4 Å². The Hall–Kier alpha value is -2.87. The Kier molecular flexibility index (Phi) is 3.71.